The van der Waals surface area contributed by atoms with Gasteiger partial charge in [-0.15, -0.1) is 0 Å². The van der Waals surface area contributed by atoms with Gasteiger partial charge in [0.15, 0.2) is 11.9 Å². The average Bonchev–Trinajstić information content (AvgIpc) is 3.26. The third kappa shape index (κ3) is 3.44. The van der Waals surface area contributed by atoms with Gasteiger partial charge in [0.25, 0.3) is 5.91 Å². The molecule has 0 saturated carbocycles. The Hall–Kier alpha value is -3.68. The molecular weight excluding hydrogens is 358 g/mol. The molecular formula is C20H19N5O3. The highest BCUT2D eigenvalue weighted by molar-refractivity contribution is 6.10. The van der Waals surface area contributed by atoms with Gasteiger partial charge in [-0.25, -0.2) is 9.97 Å². The number of aromatic nitrogens is 3. The van der Waals surface area contributed by atoms with E-state index in [-0.39, 0.29) is 18.4 Å². The van der Waals surface area contributed by atoms with Crippen molar-refractivity contribution in [1.29, 1.82) is 0 Å². The monoisotopic (exact) mass is 377 g/mol. The van der Waals surface area contributed by atoms with Crippen LogP contribution in [-0.4, -0.2) is 39.4 Å². The van der Waals surface area contributed by atoms with Crippen LogP contribution in [0.3, 0.4) is 0 Å². The minimum Gasteiger partial charge on any atom is -0.481 e. The molecule has 2 aromatic heterocycles. The molecule has 0 aliphatic carbocycles. The first-order chi connectivity index (χ1) is 13.7. The van der Waals surface area contributed by atoms with E-state index in [1.54, 1.807) is 43.0 Å². The van der Waals surface area contributed by atoms with Gasteiger partial charge in [-0.3, -0.25) is 14.5 Å². The summed E-state index contributed by atoms with van der Waals surface area (Å²) < 4.78 is 5.92. The smallest absolute Gasteiger partial charge is 0.269 e. The minimum absolute atomic E-state index is 0.0825. The third-order valence-corrected chi connectivity index (χ3v) is 4.46. The van der Waals surface area contributed by atoms with Crippen LogP contribution >= 0.6 is 0 Å². The van der Waals surface area contributed by atoms with Crippen LogP contribution in [0.2, 0.25) is 0 Å². The minimum atomic E-state index is -0.725. The molecule has 4 rings (SSSR count). The van der Waals surface area contributed by atoms with Crippen molar-refractivity contribution in [3.63, 3.8) is 0 Å². The molecule has 2 amide bonds. The van der Waals surface area contributed by atoms with Crippen LogP contribution in [-0.2, 0) is 9.59 Å². The average molecular weight is 377 g/mol. The van der Waals surface area contributed by atoms with Crippen molar-refractivity contribution in [3.05, 3.63) is 55.1 Å². The van der Waals surface area contributed by atoms with Crippen LogP contribution < -0.4 is 15.0 Å². The Morgan fingerprint density at radius 1 is 1.25 bits per heavy atom. The number of benzene rings is 1. The summed E-state index contributed by atoms with van der Waals surface area (Å²) in [4.78, 5) is 37.8. The van der Waals surface area contributed by atoms with Gasteiger partial charge in [0, 0.05) is 18.0 Å². The molecule has 0 fully saturated rings. The number of amides is 2. The van der Waals surface area contributed by atoms with Crippen molar-refractivity contribution >= 4 is 23.3 Å². The molecule has 0 bridgehead atoms. The third-order valence-electron chi connectivity index (χ3n) is 4.46. The van der Waals surface area contributed by atoms with Gasteiger partial charge in [-0.2, -0.15) is 0 Å². The van der Waals surface area contributed by atoms with E-state index in [1.807, 2.05) is 19.1 Å². The van der Waals surface area contributed by atoms with Crippen LogP contribution in [0.4, 0.5) is 11.5 Å². The number of hydrogen-bond acceptors (Lipinski definition) is 5. The first kappa shape index (κ1) is 17.7. The number of anilines is 2. The lowest BCUT2D eigenvalue weighted by molar-refractivity contribution is -0.127. The van der Waals surface area contributed by atoms with E-state index in [2.05, 4.69) is 20.3 Å². The quantitative estimate of drug-likeness (QED) is 0.712. The van der Waals surface area contributed by atoms with E-state index in [0.717, 1.165) is 11.3 Å². The second-order valence-electron chi connectivity index (χ2n) is 6.34. The Morgan fingerprint density at radius 3 is 2.79 bits per heavy atom. The molecule has 142 valence electrons. The van der Waals surface area contributed by atoms with E-state index in [1.165, 1.54) is 4.90 Å². The summed E-state index contributed by atoms with van der Waals surface area (Å²) in [7, 11) is 0. The van der Waals surface area contributed by atoms with Gasteiger partial charge in [0.1, 0.15) is 12.3 Å². The zero-order valence-electron chi connectivity index (χ0n) is 15.3. The molecule has 3 heterocycles. The van der Waals surface area contributed by atoms with E-state index >= 15 is 0 Å². The van der Waals surface area contributed by atoms with Crippen molar-refractivity contribution in [3.8, 4) is 17.0 Å². The largest absolute Gasteiger partial charge is 0.481 e. The van der Waals surface area contributed by atoms with Gasteiger partial charge < -0.3 is 15.0 Å². The highest BCUT2D eigenvalue weighted by atomic mass is 16.5. The molecule has 0 saturated heterocycles. The normalized spacial score (nSPS) is 14.2. The van der Waals surface area contributed by atoms with Crippen LogP contribution in [0.15, 0.2) is 55.1 Å². The number of hydrogen-bond donors (Lipinski definition) is 2. The fraction of sp³-hybridized carbons (Fsp3) is 0.200. The molecule has 0 spiro atoms. The molecule has 3 aromatic rings. The van der Waals surface area contributed by atoms with Crippen molar-refractivity contribution in [2.45, 2.75) is 19.4 Å². The number of nitrogens with zero attached hydrogens (tertiary/aromatic N) is 3. The summed E-state index contributed by atoms with van der Waals surface area (Å²) in [6.07, 6.45) is 4.75. The molecule has 28 heavy (non-hydrogen) atoms. The van der Waals surface area contributed by atoms with Crippen LogP contribution in [0.5, 0.6) is 5.75 Å². The number of nitrogens with one attached hydrogen (secondary N) is 2. The van der Waals surface area contributed by atoms with Crippen molar-refractivity contribution in [2.75, 3.05) is 16.8 Å². The first-order valence-corrected chi connectivity index (χ1v) is 8.98. The Morgan fingerprint density at radius 2 is 2.07 bits per heavy atom. The maximum Gasteiger partial charge on any atom is 0.269 e. The lowest BCUT2D eigenvalue weighted by Gasteiger charge is -2.30. The number of ether oxygens (including phenoxy) is 1. The fourth-order valence-corrected chi connectivity index (χ4v) is 3.07. The summed E-state index contributed by atoms with van der Waals surface area (Å²) in [5.74, 6) is 0.450. The van der Waals surface area contributed by atoms with Crippen LogP contribution in [0.1, 0.15) is 13.3 Å². The molecule has 1 unspecified atom stereocenters. The molecule has 1 aromatic carbocycles. The first-order valence-electron chi connectivity index (χ1n) is 8.98. The number of fused-ring (bicyclic) bond motifs is 1. The number of imidazole rings is 1. The number of carbonyl (C=O) groups is 2. The molecule has 8 heteroatoms. The molecule has 1 atom stereocenters. The Kier molecular flexibility index (Phi) is 4.76. The lowest BCUT2D eigenvalue weighted by Crippen LogP contribution is -2.48. The van der Waals surface area contributed by atoms with Gasteiger partial charge >= 0.3 is 0 Å². The number of H-pyrrole nitrogens is 1. The highest BCUT2D eigenvalue weighted by Gasteiger charge is 2.32. The Balaban J connectivity index is 1.53. The molecule has 2 N–H and O–H groups in total. The summed E-state index contributed by atoms with van der Waals surface area (Å²) in [5, 5.41) is 2.73. The summed E-state index contributed by atoms with van der Waals surface area (Å²) in [6, 6.07) is 10.8. The zero-order valence-corrected chi connectivity index (χ0v) is 15.3. The van der Waals surface area contributed by atoms with Gasteiger partial charge in [-0.1, -0.05) is 6.92 Å². The van der Waals surface area contributed by atoms with Crippen molar-refractivity contribution in [1.82, 2.24) is 15.0 Å². The van der Waals surface area contributed by atoms with Crippen molar-refractivity contribution < 1.29 is 14.3 Å². The second-order valence-corrected chi connectivity index (χ2v) is 6.34. The predicted octanol–water partition coefficient (Wildman–Crippen LogP) is 2.61. The fourth-order valence-electron chi connectivity index (χ4n) is 3.07. The number of pyridine rings is 1. The highest BCUT2D eigenvalue weighted by Crippen LogP contribution is 2.28. The van der Waals surface area contributed by atoms with Gasteiger partial charge in [-0.05, 0) is 42.8 Å². The van der Waals surface area contributed by atoms with Crippen LogP contribution in [0, 0.1) is 0 Å². The van der Waals surface area contributed by atoms with Crippen molar-refractivity contribution in [2.24, 2.45) is 0 Å². The topological polar surface area (TPSA) is 100 Å². The second kappa shape index (κ2) is 7.51. The maximum absolute atomic E-state index is 13.1. The van der Waals surface area contributed by atoms with E-state index in [0.29, 0.717) is 23.7 Å². The number of rotatable bonds is 5. The van der Waals surface area contributed by atoms with Gasteiger partial charge in [0.2, 0.25) is 5.91 Å². The lowest BCUT2D eigenvalue weighted by atomic mass is 10.1. The molecule has 0 radical (unpaired) electrons. The maximum atomic E-state index is 13.1. The summed E-state index contributed by atoms with van der Waals surface area (Å²) >= 11 is 0. The standard InChI is InChI=1S/C20H19N5O3/c1-2-17(28-14-7-5-13(6-8-14)16-10-21-12-23-16)20(27)25-11-18(26)24-15-4-3-9-22-19(15)25/h3-10,12,17H,2,11H2,1H3,(H,21,23)(H,24,26). The molecule has 1 aliphatic heterocycles. The predicted molar refractivity (Wildman–Crippen MR) is 104 cm³/mol. The van der Waals surface area contributed by atoms with E-state index in [9.17, 15) is 9.59 Å². The van der Waals surface area contributed by atoms with E-state index < -0.39 is 6.10 Å². The molecule has 8 nitrogen and oxygen atoms in total. The SMILES string of the molecule is CCC(Oc1ccc(-c2c[nH]cn2)cc1)C(=O)N1CC(=O)Nc2cccnc21. The Labute approximate surface area is 161 Å². The molecule has 1 aliphatic rings. The Bertz CT molecular complexity index is 985. The zero-order chi connectivity index (χ0) is 19.5. The number of aromatic amines is 1. The summed E-state index contributed by atoms with van der Waals surface area (Å²) in [5.41, 5.74) is 2.29. The number of carbonyl (C=O) groups excluding carboxylic acids is 2. The summed E-state index contributed by atoms with van der Waals surface area (Å²) in [6.45, 7) is 1.78. The van der Waals surface area contributed by atoms with Crippen LogP contribution in [0.25, 0.3) is 11.3 Å². The van der Waals surface area contributed by atoms with E-state index in [4.69, 9.17) is 4.74 Å². The van der Waals surface area contributed by atoms with Gasteiger partial charge in [0.05, 0.1) is 17.7 Å².